The lowest BCUT2D eigenvalue weighted by atomic mass is 9.87. The van der Waals surface area contributed by atoms with Crippen LogP contribution >= 0.6 is 11.3 Å². The van der Waals surface area contributed by atoms with E-state index in [-0.39, 0.29) is 0 Å². The molecule has 2 heterocycles. The van der Waals surface area contributed by atoms with Gasteiger partial charge < -0.3 is 10.0 Å². The van der Waals surface area contributed by atoms with Crippen LogP contribution in [0.1, 0.15) is 40.3 Å². The van der Waals surface area contributed by atoms with Gasteiger partial charge in [-0.25, -0.2) is 0 Å². The second-order valence-electron chi connectivity index (χ2n) is 8.19. The van der Waals surface area contributed by atoms with E-state index in [1.54, 1.807) is 25.2 Å². The maximum absolute atomic E-state index is 11.6. The lowest BCUT2D eigenvalue weighted by molar-refractivity contribution is -0.146. The Morgan fingerprint density at radius 3 is 2.62 bits per heavy atom. The van der Waals surface area contributed by atoms with Gasteiger partial charge >= 0.3 is 5.97 Å². The van der Waals surface area contributed by atoms with Crippen molar-refractivity contribution < 1.29 is 9.90 Å². The summed E-state index contributed by atoms with van der Waals surface area (Å²) in [6.07, 6.45) is 2.65. The monoisotopic (exact) mass is 402 g/mol. The minimum Gasteiger partial charge on any atom is -0.481 e. The molecule has 2 aromatic carbocycles. The topological polar surface area (TPSA) is 64.3 Å². The second-order valence-corrected chi connectivity index (χ2v) is 9.41. The molecule has 29 heavy (non-hydrogen) atoms. The van der Waals surface area contributed by atoms with E-state index in [4.69, 9.17) is 0 Å². The number of benzene rings is 2. The SMILES string of the molecule is CN1C=C(c2ccc(C#N)c3ccccc23)c2cc(CC(C)(C)C(=O)O)sc2C1. The smallest absolute Gasteiger partial charge is 0.309 e. The Balaban J connectivity index is 1.85. The summed E-state index contributed by atoms with van der Waals surface area (Å²) in [4.78, 5) is 16.1. The predicted molar refractivity (Wildman–Crippen MR) is 117 cm³/mol. The summed E-state index contributed by atoms with van der Waals surface area (Å²) in [6, 6.07) is 16.3. The molecule has 4 rings (SSSR count). The largest absolute Gasteiger partial charge is 0.481 e. The molecule has 0 amide bonds. The molecule has 0 fully saturated rings. The van der Waals surface area contributed by atoms with Crippen LogP contribution < -0.4 is 0 Å². The van der Waals surface area contributed by atoms with E-state index in [0.29, 0.717) is 12.0 Å². The first kappa shape index (κ1) is 19.2. The van der Waals surface area contributed by atoms with E-state index in [2.05, 4.69) is 36.3 Å². The van der Waals surface area contributed by atoms with Crippen molar-refractivity contribution in [3.8, 4) is 6.07 Å². The van der Waals surface area contributed by atoms with Crippen LogP contribution in [0.3, 0.4) is 0 Å². The molecule has 0 saturated heterocycles. The maximum atomic E-state index is 11.6. The van der Waals surface area contributed by atoms with Crippen LogP contribution in [-0.4, -0.2) is 23.0 Å². The number of nitrogens with zero attached hydrogens (tertiary/aromatic N) is 2. The highest BCUT2D eigenvalue weighted by Crippen LogP contribution is 2.41. The first-order valence-corrected chi connectivity index (χ1v) is 10.3. The zero-order chi connectivity index (χ0) is 20.8. The highest BCUT2D eigenvalue weighted by atomic mass is 32.1. The summed E-state index contributed by atoms with van der Waals surface area (Å²) < 4.78 is 0. The summed E-state index contributed by atoms with van der Waals surface area (Å²) in [5, 5.41) is 21.0. The van der Waals surface area contributed by atoms with E-state index < -0.39 is 11.4 Å². The molecule has 0 bridgehead atoms. The average molecular weight is 403 g/mol. The third-order valence-corrected chi connectivity index (χ3v) is 6.54. The molecule has 1 aromatic heterocycles. The van der Waals surface area contributed by atoms with Crippen molar-refractivity contribution in [2.24, 2.45) is 5.41 Å². The van der Waals surface area contributed by atoms with Gasteiger partial charge in [0, 0.05) is 34.0 Å². The lowest BCUT2D eigenvalue weighted by Crippen LogP contribution is -2.25. The lowest BCUT2D eigenvalue weighted by Gasteiger charge is -2.24. The van der Waals surface area contributed by atoms with Crippen LogP contribution in [0, 0.1) is 16.7 Å². The van der Waals surface area contributed by atoms with E-state index in [1.165, 1.54) is 10.4 Å². The molecule has 0 atom stereocenters. The summed E-state index contributed by atoms with van der Waals surface area (Å²) >= 11 is 1.70. The molecule has 1 aliphatic heterocycles. The van der Waals surface area contributed by atoms with E-state index in [0.717, 1.165) is 33.3 Å². The van der Waals surface area contributed by atoms with Gasteiger partial charge in [0.25, 0.3) is 0 Å². The van der Waals surface area contributed by atoms with Gasteiger partial charge in [0.15, 0.2) is 0 Å². The minimum atomic E-state index is -0.801. The molecule has 146 valence electrons. The third kappa shape index (κ3) is 3.41. The summed E-state index contributed by atoms with van der Waals surface area (Å²) in [7, 11) is 2.05. The van der Waals surface area contributed by atoms with Gasteiger partial charge in [-0.15, -0.1) is 11.3 Å². The van der Waals surface area contributed by atoms with Gasteiger partial charge in [0.1, 0.15) is 0 Å². The van der Waals surface area contributed by atoms with Crippen molar-refractivity contribution >= 4 is 33.7 Å². The number of carboxylic acids is 1. The molecule has 0 radical (unpaired) electrons. The van der Waals surface area contributed by atoms with Crippen LogP contribution in [0.4, 0.5) is 0 Å². The van der Waals surface area contributed by atoms with Gasteiger partial charge in [-0.2, -0.15) is 5.26 Å². The van der Waals surface area contributed by atoms with Gasteiger partial charge in [-0.3, -0.25) is 4.79 Å². The Bertz CT molecular complexity index is 1200. The summed E-state index contributed by atoms with van der Waals surface area (Å²) in [6.45, 7) is 4.35. The van der Waals surface area contributed by atoms with Crippen molar-refractivity contribution in [2.75, 3.05) is 7.05 Å². The van der Waals surface area contributed by atoms with Crippen LogP contribution in [-0.2, 0) is 17.8 Å². The molecule has 3 aromatic rings. The van der Waals surface area contributed by atoms with Crippen LogP contribution in [0.2, 0.25) is 0 Å². The van der Waals surface area contributed by atoms with Gasteiger partial charge in [0.2, 0.25) is 0 Å². The Kier molecular flexibility index (Phi) is 4.68. The fourth-order valence-electron chi connectivity index (χ4n) is 3.84. The number of hydrogen-bond acceptors (Lipinski definition) is 4. The average Bonchev–Trinajstić information content (AvgIpc) is 3.07. The molecule has 1 aliphatic rings. The molecular weight excluding hydrogens is 380 g/mol. The van der Waals surface area contributed by atoms with Crippen LogP contribution in [0.5, 0.6) is 0 Å². The zero-order valence-electron chi connectivity index (χ0n) is 16.7. The number of nitriles is 1. The predicted octanol–water partition coefficient (Wildman–Crippen LogP) is 5.26. The number of carbonyl (C=O) groups is 1. The van der Waals surface area contributed by atoms with Crippen molar-refractivity contribution in [1.82, 2.24) is 4.90 Å². The van der Waals surface area contributed by atoms with Crippen LogP contribution in [0.15, 0.2) is 48.7 Å². The first-order chi connectivity index (χ1) is 13.8. The molecule has 0 saturated carbocycles. The molecule has 0 aliphatic carbocycles. The molecule has 0 spiro atoms. The molecule has 4 nitrogen and oxygen atoms in total. The maximum Gasteiger partial charge on any atom is 0.309 e. The van der Waals surface area contributed by atoms with E-state index >= 15 is 0 Å². The quantitative estimate of drug-likeness (QED) is 0.646. The van der Waals surface area contributed by atoms with Gasteiger partial charge in [-0.1, -0.05) is 30.3 Å². The molecule has 1 N–H and O–H groups in total. The fourth-order valence-corrected chi connectivity index (χ4v) is 5.31. The Labute approximate surface area is 174 Å². The molecule has 0 unspecified atom stereocenters. The zero-order valence-corrected chi connectivity index (χ0v) is 17.5. The number of thiophene rings is 1. The standard InChI is InChI=1S/C24H22N2O2S/c1-24(2,23(27)28)11-16-10-20-21(13-26(3)14-22(20)29-16)19-9-8-15(12-25)17-6-4-5-7-18(17)19/h4-10,13H,11,14H2,1-3H3,(H,27,28). The highest BCUT2D eigenvalue weighted by Gasteiger charge is 2.30. The van der Waals surface area contributed by atoms with Crippen molar-refractivity contribution in [1.29, 1.82) is 5.26 Å². The Hall–Kier alpha value is -3.10. The number of fused-ring (bicyclic) bond motifs is 2. The van der Waals surface area contributed by atoms with Crippen LogP contribution in [0.25, 0.3) is 16.3 Å². The highest BCUT2D eigenvalue weighted by molar-refractivity contribution is 7.12. The van der Waals surface area contributed by atoms with Crippen molar-refractivity contribution in [3.63, 3.8) is 0 Å². The second kappa shape index (κ2) is 7.06. The van der Waals surface area contributed by atoms with Gasteiger partial charge in [0.05, 0.1) is 23.6 Å². The fraction of sp³-hybridized carbons (Fsp3) is 0.250. The Morgan fingerprint density at radius 2 is 1.93 bits per heavy atom. The normalized spacial score (nSPS) is 13.7. The number of rotatable bonds is 4. The van der Waals surface area contributed by atoms with E-state index in [9.17, 15) is 15.2 Å². The third-order valence-electron chi connectivity index (χ3n) is 5.42. The van der Waals surface area contributed by atoms with Crippen molar-refractivity contribution in [3.05, 3.63) is 75.1 Å². The van der Waals surface area contributed by atoms with Gasteiger partial charge in [-0.05, 0) is 48.9 Å². The number of aliphatic carboxylic acids is 1. The first-order valence-electron chi connectivity index (χ1n) is 9.50. The summed E-state index contributed by atoms with van der Waals surface area (Å²) in [5.74, 6) is -0.783. The summed E-state index contributed by atoms with van der Waals surface area (Å²) in [5.41, 5.74) is 3.24. The molecule has 5 heteroatoms. The number of hydrogen-bond donors (Lipinski definition) is 1. The molecular formula is C24H22N2O2S. The number of carboxylic acid groups (broad SMARTS) is 1. The Morgan fingerprint density at radius 1 is 1.21 bits per heavy atom. The van der Waals surface area contributed by atoms with Crippen molar-refractivity contribution in [2.45, 2.75) is 26.8 Å². The minimum absolute atomic E-state index is 0.505. The van der Waals surface area contributed by atoms with E-state index in [1.807, 2.05) is 30.3 Å².